The number of hydrogen-bond acceptors (Lipinski definition) is 17. The molecule has 20 nitrogen and oxygen atoms in total. The van der Waals surface area contributed by atoms with Gasteiger partial charge in [-0.05, 0) is 177 Å². The Balaban J connectivity index is 0.602. The molecule has 1 saturated carbocycles. The number of rotatable bonds is 28. The molecular formula is C79H96ClF3N10O10S4. The van der Waals surface area contributed by atoms with Gasteiger partial charge >= 0.3 is 5.51 Å². The van der Waals surface area contributed by atoms with Crippen LogP contribution in [-0.4, -0.2) is 184 Å². The zero-order valence-electron chi connectivity index (χ0n) is 61.1. The summed E-state index contributed by atoms with van der Waals surface area (Å²) in [6, 6.07) is 31.1. The molecule has 5 N–H and O–H groups in total. The lowest BCUT2D eigenvalue weighted by molar-refractivity contribution is -0.144. The van der Waals surface area contributed by atoms with Crippen LogP contribution in [0.1, 0.15) is 138 Å². The first-order valence-corrected chi connectivity index (χ1v) is 42.2. The number of hydrogen-bond donors (Lipinski definition) is 5. The van der Waals surface area contributed by atoms with E-state index in [1.807, 2.05) is 111 Å². The van der Waals surface area contributed by atoms with Crippen LogP contribution in [0.3, 0.4) is 0 Å². The number of thioether (sulfide) groups is 1. The normalized spacial score (nSPS) is 20.7. The molecule has 6 aromatic rings. The van der Waals surface area contributed by atoms with Crippen LogP contribution in [0.5, 0.6) is 0 Å². The highest BCUT2D eigenvalue weighted by Gasteiger charge is 2.50. The highest BCUT2D eigenvalue weighted by atomic mass is 35.5. The molecule has 5 heterocycles. The van der Waals surface area contributed by atoms with Gasteiger partial charge in [-0.3, -0.25) is 28.9 Å². The number of thiazole rings is 1. The molecule has 574 valence electrons. The molecule has 4 saturated heterocycles. The van der Waals surface area contributed by atoms with Gasteiger partial charge in [0, 0.05) is 124 Å². The van der Waals surface area contributed by atoms with E-state index in [4.69, 9.17) is 11.6 Å². The van der Waals surface area contributed by atoms with E-state index in [1.54, 1.807) is 29.0 Å². The van der Waals surface area contributed by atoms with E-state index in [-0.39, 0.29) is 60.8 Å². The highest BCUT2D eigenvalue weighted by molar-refractivity contribution is 7.99. The maximum absolute atomic E-state index is 14.6. The van der Waals surface area contributed by atoms with Crippen LogP contribution in [0.2, 0.25) is 5.02 Å². The Bertz CT molecular complexity index is 4440. The Labute approximate surface area is 639 Å². The zero-order chi connectivity index (χ0) is 76.2. The summed E-state index contributed by atoms with van der Waals surface area (Å²) < 4.78 is 101. The van der Waals surface area contributed by atoms with E-state index in [0.29, 0.717) is 74.9 Å². The number of piperazine rings is 1. The number of benzene rings is 5. The molecule has 6 aliphatic rings. The molecule has 7 atom stereocenters. The number of carbonyl (C=O) groups excluding carboxylic acids is 5. The van der Waals surface area contributed by atoms with E-state index in [1.165, 1.54) is 64.8 Å². The van der Waals surface area contributed by atoms with Gasteiger partial charge in [-0.15, -0.1) is 23.1 Å². The molecule has 28 heteroatoms. The van der Waals surface area contributed by atoms with E-state index in [9.17, 15) is 59.1 Å². The molecular weight excluding hydrogens is 1470 g/mol. The Morgan fingerprint density at radius 3 is 2.09 bits per heavy atom. The maximum Gasteiger partial charge on any atom is 0.501 e. The van der Waals surface area contributed by atoms with Gasteiger partial charge in [0.1, 0.15) is 17.0 Å². The number of unbranched alkanes of at least 4 members (excludes halogenated alkanes) is 2. The zero-order valence-corrected chi connectivity index (χ0v) is 65.1. The van der Waals surface area contributed by atoms with Crippen LogP contribution in [0.15, 0.2) is 147 Å². The molecule has 5 aromatic carbocycles. The lowest BCUT2D eigenvalue weighted by Gasteiger charge is -2.38. The number of allylic oxidation sites excluding steroid dienone is 1. The van der Waals surface area contributed by atoms with E-state index in [2.05, 4.69) is 47.8 Å². The van der Waals surface area contributed by atoms with Crippen LogP contribution in [-0.2, 0) is 39.0 Å². The minimum atomic E-state index is -6.17. The Kier molecular flexibility index (Phi) is 24.8. The molecule has 107 heavy (non-hydrogen) atoms. The average Bonchev–Trinajstić information content (AvgIpc) is 1.48. The first kappa shape index (κ1) is 79.2. The number of sulfonamides is 1. The number of carbonyl (C=O) groups is 5. The third-order valence-corrected chi connectivity index (χ3v) is 27.3. The van der Waals surface area contributed by atoms with Crippen molar-refractivity contribution >= 4 is 101 Å². The van der Waals surface area contributed by atoms with Gasteiger partial charge in [0.25, 0.3) is 25.8 Å². The van der Waals surface area contributed by atoms with Gasteiger partial charge in [0.15, 0.2) is 0 Å². The Morgan fingerprint density at radius 2 is 1.45 bits per heavy atom. The van der Waals surface area contributed by atoms with E-state index < -0.39 is 94.3 Å². The molecule has 1 spiro atoms. The van der Waals surface area contributed by atoms with Crippen molar-refractivity contribution in [1.29, 1.82) is 0 Å². The fourth-order valence-corrected chi connectivity index (χ4v) is 19.6. The van der Waals surface area contributed by atoms with Crippen molar-refractivity contribution in [2.75, 3.05) is 88.0 Å². The molecule has 0 bridgehead atoms. The molecule has 12 rings (SSSR count). The van der Waals surface area contributed by atoms with Gasteiger partial charge in [0.2, 0.25) is 23.6 Å². The molecule has 1 aromatic heterocycles. The van der Waals surface area contributed by atoms with Crippen molar-refractivity contribution in [2.45, 2.75) is 162 Å². The molecule has 5 amide bonds. The van der Waals surface area contributed by atoms with Crippen molar-refractivity contribution in [2.24, 2.45) is 22.7 Å². The second-order valence-corrected chi connectivity index (χ2v) is 36.9. The molecule has 2 aliphatic carbocycles. The number of aliphatic hydroxyl groups excluding tert-OH is 1. The number of nitrogens with zero attached hydrogens (tertiary/aromatic N) is 6. The van der Waals surface area contributed by atoms with Crippen LogP contribution < -0.4 is 25.6 Å². The number of alkyl halides is 3. The number of fused-ring (bicyclic) bond motifs is 1. The number of anilines is 2. The average molecular weight is 1570 g/mol. The minimum Gasteiger partial charge on any atom is -0.391 e. The number of β-amino-alcohol motifs (C(OH)–C–C–N with tert-alkyl or cyclic N) is 1. The summed E-state index contributed by atoms with van der Waals surface area (Å²) in [5.41, 5.74) is 2.99. The fraction of sp³-hybridized carbons (Fsp3) is 0.494. The largest absolute Gasteiger partial charge is 0.501 e. The molecule has 5 fully saturated rings. The van der Waals surface area contributed by atoms with Crippen LogP contribution >= 0.6 is 34.7 Å². The van der Waals surface area contributed by atoms with Crippen LogP contribution in [0.25, 0.3) is 16.0 Å². The summed E-state index contributed by atoms with van der Waals surface area (Å²) in [5.74, 6) is -1.63. The number of aromatic nitrogens is 1. The number of amides is 5. The van der Waals surface area contributed by atoms with Gasteiger partial charge in [-0.1, -0.05) is 99.0 Å². The van der Waals surface area contributed by atoms with Gasteiger partial charge < -0.3 is 40.7 Å². The lowest BCUT2D eigenvalue weighted by atomic mass is 9.79. The van der Waals surface area contributed by atoms with E-state index in [0.717, 1.165) is 90.0 Å². The lowest BCUT2D eigenvalue weighted by Crippen LogP contribution is -2.57. The third kappa shape index (κ3) is 19.4. The quantitative estimate of drug-likeness (QED) is 0.0226. The fourth-order valence-electron chi connectivity index (χ4n) is 15.7. The second kappa shape index (κ2) is 33.5. The SMILES string of the molecule is Cc1ncsc1-c1ccc([C@H](C)NC(=O)[C@@H]2C[C@@H](O)CN2C(=O)[C@@H](NC(=O)CCCCCC(=O)N2C[C@H]3CN(CC[C@H](CSc4ccccc4)Nc4ccc(S(=O)(=O)NC(=O)c5ccc(N6CCN(CC7=C(c8ccc(Cl)cc8)CCC8(CC8)C7)CC6)cc5)cc4S(=O)(=O)C(F)(F)F)C[C@@H]3C2)C(C)(C)C)cc1. The summed E-state index contributed by atoms with van der Waals surface area (Å²) in [6.45, 7) is 16.1. The minimum absolute atomic E-state index is 0.00681. The molecule has 0 unspecified atom stereocenters. The first-order valence-electron chi connectivity index (χ1n) is 37.0. The van der Waals surface area contributed by atoms with Gasteiger partial charge in [-0.25, -0.2) is 26.5 Å². The van der Waals surface area contributed by atoms with Gasteiger partial charge in [0.05, 0.1) is 38.8 Å². The molecule has 0 radical (unpaired) electrons. The number of likely N-dealkylation sites (tertiary alicyclic amines) is 3. The smallest absolute Gasteiger partial charge is 0.391 e. The summed E-state index contributed by atoms with van der Waals surface area (Å²) in [6.07, 6.45) is 7.39. The van der Waals surface area contributed by atoms with Crippen LogP contribution in [0.4, 0.5) is 24.5 Å². The summed E-state index contributed by atoms with van der Waals surface area (Å²) in [7, 11) is -11.1. The first-order chi connectivity index (χ1) is 50.9. The Morgan fingerprint density at radius 1 is 0.776 bits per heavy atom. The van der Waals surface area contributed by atoms with Crippen molar-refractivity contribution < 1.29 is 59.1 Å². The summed E-state index contributed by atoms with van der Waals surface area (Å²) in [4.78, 5) is 83.2. The van der Waals surface area contributed by atoms with E-state index >= 15 is 0 Å². The highest BCUT2D eigenvalue weighted by Crippen LogP contribution is 2.59. The summed E-state index contributed by atoms with van der Waals surface area (Å²) >= 11 is 9.21. The second-order valence-electron chi connectivity index (χ2n) is 30.9. The summed E-state index contributed by atoms with van der Waals surface area (Å²) in [5, 5.41) is 20.5. The Hall–Kier alpha value is -7.37. The number of halogens is 4. The van der Waals surface area contributed by atoms with Crippen molar-refractivity contribution in [3.8, 4) is 10.4 Å². The number of aryl methyl sites for hydroxylation is 1. The maximum atomic E-state index is 14.6. The predicted molar refractivity (Wildman–Crippen MR) is 412 cm³/mol. The van der Waals surface area contributed by atoms with Crippen molar-refractivity contribution in [3.05, 3.63) is 160 Å². The standard InChI is InChI=1S/C79H96ClF3N10O10S4/c1-51(53-16-18-55(19-17-53)72-52(2)84-50-105-72)85-75(98)68-40-63(94)48-93(68)76(99)73(77(3,4)5)87-70(95)14-10-7-11-15-71(96)92-46-58-44-90(45-59(58)47-92)35-31-61(49-104-64-12-8-6-9-13-64)86-67-29-28-65(41-69(67)106(100,101)79(81,82)83)107(102,103)88-74(97)56-22-26-62(27-23-56)91-38-36-89(37-39-91)43-57-42-78(33-34-78)32-30-66(57)54-20-24-60(80)25-21-54/h6,8-9,12-13,16-29,41,50-51,58-59,61,63,68,73,86,94H,7,10-11,14-15,30-40,42-49H2,1-5H3,(H,85,98)(H,87,95)(H,88,97)/t51-,58+,59+,61+,63+,68-,73+/m0/s1. The van der Waals surface area contributed by atoms with Crippen molar-refractivity contribution in [1.82, 2.24) is 39.9 Å². The third-order valence-electron chi connectivity index (χ3n) is 22.1. The topological polar surface area (TPSA) is 251 Å². The number of sulfone groups is 1. The molecule has 4 aliphatic heterocycles. The predicted octanol–water partition coefficient (Wildman–Crippen LogP) is 12.4. The number of nitrogens with one attached hydrogen (secondary N) is 4. The monoisotopic (exact) mass is 1560 g/mol. The van der Waals surface area contributed by atoms with Gasteiger partial charge in [-0.2, -0.15) is 13.2 Å². The van der Waals surface area contributed by atoms with Crippen LogP contribution in [0, 0.1) is 29.6 Å². The number of aliphatic hydroxyl groups is 1. The van der Waals surface area contributed by atoms with Crippen molar-refractivity contribution in [3.63, 3.8) is 0 Å².